The molecule has 2 rings (SSSR count). The largest absolute Gasteiger partial charge is 0.308 e. The molecule has 1 aliphatic rings. The van der Waals surface area contributed by atoms with E-state index in [1.165, 1.54) is 25.9 Å². The van der Waals surface area contributed by atoms with Crippen molar-refractivity contribution in [3.63, 3.8) is 0 Å². The summed E-state index contributed by atoms with van der Waals surface area (Å²) in [7, 11) is 0. The van der Waals surface area contributed by atoms with Gasteiger partial charge < -0.3 is 5.43 Å². The number of hydrogen-bond acceptors (Lipinski definition) is 4. The maximum atomic E-state index is 5.39. The van der Waals surface area contributed by atoms with Crippen LogP contribution in [0.4, 0.5) is 5.82 Å². The molecular formula is C15H26N4. The van der Waals surface area contributed by atoms with E-state index in [2.05, 4.69) is 42.1 Å². The third kappa shape index (κ3) is 3.91. The highest BCUT2D eigenvalue weighted by Crippen LogP contribution is 2.34. The zero-order chi connectivity index (χ0) is 13.9. The van der Waals surface area contributed by atoms with Crippen molar-refractivity contribution in [3.8, 4) is 0 Å². The van der Waals surface area contributed by atoms with Crippen molar-refractivity contribution in [2.75, 3.05) is 18.5 Å². The SMILES string of the molecule is CC(C)(C)C1CCN(Cc2cccc(NN)n2)CC1. The lowest BCUT2D eigenvalue weighted by atomic mass is 9.75. The van der Waals surface area contributed by atoms with Crippen molar-refractivity contribution < 1.29 is 0 Å². The molecule has 4 heteroatoms. The smallest absolute Gasteiger partial charge is 0.140 e. The zero-order valence-corrected chi connectivity index (χ0v) is 12.3. The Hall–Kier alpha value is -1.13. The number of piperidine rings is 1. The van der Waals surface area contributed by atoms with Crippen LogP contribution in [0.2, 0.25) is 0 Å². The predicted octanol–water partition coefficient (Wildman–Crippen LogP) is 2.63. The number of rotatable bonds is 3. The second-order valence-electron chi connectivity index (χ2n) is 6.57. The number of anilines is 1. The molecule has 2 heterocycles. The lowest BCUT2D eigenvalue weighted by Gasteiger charge is -2.38. The van der Waals surface area contributed by atoms with Gasteiger partial charge in [-0.15, -0.1) is 0 Å². The highest BCUT2D eigenvalue weighted by molar-refractivity contribution is 5.33. The predicted molar refractivity (Wildman–Crippen MR) is 79.5 cm³/mol. The third-order valence-corrected chi connectivity index (χ3v) is 4.15. The van der Waals surface area contributed by atoms with Crippen molar-refractivity contribution in [1.29, 1.82) is 0 Å². The van der Waals surface area contributed by atoms with Crippen LogP contribution in [0.25, 0.3) is 0 Å². The van der Waals surface area contributed by atoms with Gasteiger partial charge in [-0.1, -0.05) is 26.8 Å². The first-order valence-corrected chi connectivity index (χ1v) is 7.14. The number of hydrogen-bond donors (Lipinski definition) is 2. The fourth-order valence-corrected chi connectivity index (χ4v) is 2.83. The topological polar surface area (TPSA) is 54.2 Å². The minimum absolute atomic E-state index is 0.438. The van der Waals surface area contributed by atoms with Crippen LogP contribution in [-0.4, -0.2) is 23.0 Å². The van der Waals surface area contributed by atoms with E-state index in [-0.39, 0.29) is 0 Å². The molecule has 1 fully saturated rings. The number of aromatic nitrogens is 1. The van der Waals surface area contributed by atoms with E-state index in [1.807, 2.05) is 12.1 Å². The second-order valence-corrected chi connectivity index (χ2v) is 6.57. The molecule has 1 aromatic rings. The lowest BCUT2D eigenvalue weighted by molar-refractivity contribution is 0.107. The summed E-state index contributed by atoms with van der Waals surface area (Å²) in [5.74, 6) is 6.97. The Labute approximate surface area is 116 Å². The van der Waals surface area contributed by atoms with Crippen LogP contribution < -0.4 is 11.3 Å². The molecule has 4 nitrogen and oxygen atoms in total. The van der Waals surface area contributed by atoms with E-state index in [9.17, 15) is 0 Å². The van der Waals surface area contributed by atoms with E-state index in [1.54, 1.807) is 0 Å². The van der Waals surface area contributed by atoms with Crippen molar-refractivity contribution in [1.82, 2.24) is 9.88 Å². The van der Waals surface area contributed by atoms with Crippen molar-refractivity contribution in [2.45, 2.75) is 40.2 Å². The van der Waals surface area contributed by atoms with Crippen LogP contribution >= 0.6 is 0 Å². The van der Waals surface area contributed by atoms with Crippen LogP contribution in [0.1, 0.15) is 39.3 Å². The summed E-state index contributed by atoms with van der Waals surface area (Å²) in [6.45, 7) is 10.3. The van der Waals surface area contributed by atoms with Gasteiger partial charge in [0, 0.05) is 6.54 Å². The van der Waals surface area contributed by atoms with Gasteiger partial charge in [-0.25, -0.2) is 10.8 Å². The summed E-state index contributed by atoms with van der Waals surface area (Å²) < 4.78 is 0. The fraction of sp³-hybridized carbons (Fsp3) is 0.667. The number of nitrogen functional groups attached to an aromatic ring is 1. The second kappa shape index (κ2) is 5.88. The van der Waals surface area contributed by atoms with E-state index < -0.39 is 0 Å². The number of nitrogens with zero attached hydrogens (tertiary/aromatic N) is 2. The first-order valence-electron chi connectivity index (χ1n) is 7.14. The third-order valence-electron chi connectivity index (χ3n) is 4.15. The molecule has 0 aliphatic carbocycles. The Morgan fingerprint density at radius 2 is 2.00 bits per heavy atom. The van der Waals surface area contributed by atoms with Gasteiger partial charge in [-0.05, 0) is 49.4 Å². The average Bonchev–Trinajstić information content (AvgIpc) is 2.38. The van der Waals surface area contributed by atoms with E-state index in [4.69, 9.17) is 5.84 Å². The summed E-state index contributed by atoms with van der Waals surface area (Å²) in [6, 6.07) is 5.95. The Kier molecular flexibility index (Phi) is 4.42. The molecule has 3 N–H and O–H groups in total. The Bertz CT molecular complexity index is 403. The molecule has 0 unspecified atom stereocenters. The van der Waals surface area contributed by atoms with E-state index in [0.717, 1.165) is 24.0 Å². The van der Waals surface area contributed by atoms with Crippen LogP contribution in [0, 0.1) is 11.3 Å². The van der Waals surface area contributed by atoms with Gasteiger partial charge in [0.05, 0.1) is 5.69 Å². The van der Waals surface area contributed by atoms with Crippen LogP contribution in [0.15, 0.2) is 18.2 Å². The van der Waals surface area contributed by atoms with Gasteiger partial charge in [-0.3, -0.25) is 4.90 Å². The highest BCUT2D eigenvalue weighted by Gasteiger charge is 2.28. The summed E-state index contributed by atoms with van der Waals surface area (Å²) in [4.78, 5) is 6.97. The Morgan fingerprint density at radius 1 is 1.32 bits per heavy atom. The molecule has 1 aromatic heterocycles. The quantitative estimate of drug-likeness (QED) is 0.649. The molecule has 0 amide bonds. The number of nitrogens with two attached hydrogens (primary N) is 1. The standard InChI is InChI=1S/C15H26N4/c1-15(2,3)12-7-9-19(10-8-12)11-13-5-4-6-14(17-13)18-16/h4-6,12H,7-11,16H2,1-3H3,(H,17,18). The number of pyridine rings is 1. The van der Waals surface area contributed by atoms with Crippen LogP contribution in [0.3, 0.4) is 0 Å². The average molecular weight is 262 g/mol. The van der Waals surface area contributed by atoms with Gasteiger partial charge >= 0.3 is 0 Å². The zero-order valence-electron chi connectivity index (χ0n) is 12.3. The lowest BCUT2D eigenvalue weighted by Crippen LogP contribution is -2.37. The fourth-order valence-electron chi connectivity index (χ4n) is 2.83. The molecule has 19 heavy (non-hydrogen) atoms. The van der Waals surface area contributed by atoms with Crippen molar-refractivity contribution in [2.24, 2.45) is 17.2 Å². The molecule has 0 radical (unpaired) electrons. The van der Waals surface area contributed by atoms with E-state index in [0.29, 0.717) is 5.41 Å². The molecule has 0 bridgehead atoms. The minimum atomic E-state index is 0.438. The first-order chi connectivity index (χ1) is 8.99. The van der Waals surface area contributed by atoms with Gasteiger partial charge in [-0.2, -0.15) is 0 Å². The van der Waals surface area contributed by atoms with Crippen LogP contribution in [0.5, 0.6) is 0 Å². The minimum Gasteiger partial charge on any atom is -0.308 e. The van der Waals surface area contributed by atoms with Crippen molar-refractivity contribution in [3.05, 3.63) is 23.9 Å². The molecule has 1 saturated heterocycles. The number of nitrogens with one attached hydrogen (secondary N) is 1. The molecule has 106 valence electrons. The Morgan fingerprint density at radius 3 is 2.58 bits per heavy atom. The monoisotopic (exact) mass is 262 g/mol. The highest BCUT2D eigenvalue weighted by atomic mass is 15.3. The molecule has 0 spiro atoms. The summed E-state index contributed by atoms with van der Waals surface area (Å²) in [6.07, 6.45) is 2.58. The van der Waals surface area contributed by atoms with Crippen molar-refractivity contribution >= 4 is 5.82 Å². The van der Waals surface area contributed by atoms with E-state index >= 15 is 0 Å². The first kappa shape index (κ1) is 14.3. The molecular weight excluding hydrogens is 236 g/mol. The summed E-state index contributed by atoms with van der Waals surface area (Å²) >= 11 is 0. The summed E-state index contributed by atoms with van der Waals surface area (Å²) in [5.41, 5.74) is 4.13. The maximum Gasteiger partial charge on any atom is 0.140 e. The summed E-state index contributed by atoms with van der Waals surface area (Å²) in [5, 5.41) is 0. The van der Waals surface area contributed by atoms with Gasteiger partial charge in [0.25, 0.3) is 0 Å². The molecule has 0 saturated carbocycles. The number of likely N-dealkylation sites (tertiary alicyclic amines) is 1. The Balaban J connectivity index is 1.88. The molecule has 0 atom stereocenters. The molecule has 1 aliphatic heterocycles. The van der Waals surface area contributed by atoms with Gasteiger partial charge in [0.1, 0.15) is 5.82 Å². The number of hydrazine groups is 1. The normalized spacial score (nSPS) is 18.5. The molecule has 0 aromatic carbocycles. The van der Waals surface area contributed by atoms with Gasteiger partial charge in [0.15, 0.2) is 0 Å². The maximum absolute atomic E-state index is 5.39. The van der Waals surface area contributed by atoms with Crippen LogP contribution in [-0.2, 0) is 6.54 Å². The van der Waals surface area contributed by atoms with Gasteiger partial charge in [0.2, 0.25) is 0 Å².